The van der Waals surface area contributed by atoms with Gasteiger partial charge < -0.3 is 5.11 Å². The number of carbonyl (C=O) groups is 1. The molecule has 2 aliphatic carbocycles. The normalized spacial score (nSPS) is 33.9. The molecule has 0 aliphatic heterocycles. The molecule has 1 fully saturated rings. The van der Waals surface area contributed by atoms with Crippen molar-refractivity contribution in [3.63, 3.8) is 0 Å². The van der Waals surface area contributed by atoms with Crippen molar-refractivity contribution in [1.29, 1.82) is 0 Å². The van der Waals surface area contributed by atoms with Crippen LogP contribution in [0, 0.1) is 29.1 Å². The van der Waals surface area contributed by atoms with Crippen LogP contribution in [0.25, 0.3) is 0 Å². The summed E-state index contributed by atoms with van der Waals surface area (Å²) in [6, 6.07) is 0. The van der Waals surface area contributed by atoms with E-state index in [4.69, 9.17) is 0 Å². The van der Waals surface area contributed by atoms with Gasteiger partial charge in [0.2, 0.25) is 0 Å². The number of unbranched alkanes of at least 4 members (excludes halogenated alkanes) is 4. The van der Waals surface area contributed by atoms with Crippen LogP contribution in [0.2, 0.25) is 0 Å². The van der Waals surface area contributed by atoms with Gasteiger partial charge in [-0.2, -0.15) is 0 Å². The Morgan fingerprint density at radius 1 is 1.30 bits per heavy atom. The Kier molecular flexibility index (Phi) is 4.12. The van der Waals surface area contributed by atoms with E-state index in [0.717, 1.165) is 18.4 Å². The quantitative estimate of drug-likeness (QED) is 0.629. The van der Waals surface area contributed by atoms with Gasteiger partial charge in [-0.05, 0) is 30.4 Å². The minimum absolute atomic E-state index is 0.0318. The van der Waals surface area contributed by atoms with Crippen molar-refractivity contribution in [3.05, 3.63) is 11.6 Å². The van der Waals surface area contributed by atoms with Crippen LogP contribution < -0.4 is 0 Å². The second-order valence-corrected chi connectivity index (χ2v) is 6.89. The smallest absolute Gasteiger partial charge is 0.159 e. The molecule has 0 unspecified atom stereocenters. The SMILES string of the molecule is CCCCCCC#C[C@]1(O)C(C)=CC(=O)[C@@H]2[C@H]1C2(C)C. The van der Waals surface area contributed by atoms with E-state index in [1.165, 1.54) is 19.3 Å². The third-order valence-electron chi connectivity index (χ3n) is 4.98. The number of fused-ring (bicyclic) bond motifs is 1. The molecule has 1 N–H and O–H groups in total. The Morgan fingerprint density at radius 2 is 2.00 bits per heavy atom. The number of carbonyl (C=O) groups excluding carboxylic acids is 1. The zero-order valence-electron chi connectivity index (χ0n) is 13.1. The molecule has 110 valence electrons. The molecule has 0 amide bonds. The Balaban J connectivity index is 2.07. The van der Waals surface area contributed by atoms with Gasteiger partial charge in [-0.15, -0.1) is 0 Å². The van der Waals surface area contributed by atoms with E-state index in [1.54, 1.807) is 6.08 Å². The maximum Gasteiger partial charge on any atom is 0.159 e. The van der Waals surface area contributed by atoms with Gasteiger partial charge in [-0.1, -0.05) is 51.9 Å². The van der Waals surface area contributed by atoms with Crippen LogP contribution >= 0.6 is 0 Å². The van der Waals surface area contributed by atoms with E-state index < -0.39 is 5.60 Å². The molecule has 0 heterocycles. The van der Waals surface area contributed by atoms with Crippen LogP contribution in [0.3, 0.4) is 0 Å². The molecule has 2 heteroatoms. The molecule has 0 radical (unpaired) electrons. The molecule has 0 bridgehead atoms. The summed E-state index contributed by atoms with van der Waals surface area (Å²) in [5.74, 6) is 6.30. The predicted octanol–water partition coefficient (Wildman–Crippen LogP) is 3.49. The first kappa shape index (κ1) is 15.3. The molecule has 0 aromatic heterocycles. The van der Waals surface area contributed by atoms with Crippen LogP contribution in [-0.2, 0) is 4.79 Å². The zero-order valence-corrected chi connectivity index (χ0v) is 13.1. The Labute approximate surface area is 122 Å². The number of allylic oxidation sites excluding steroid dienone is 1. The Bertz CT molecular complexity index is 489. The number of ketones is 1. The van der Waals surface area contributed by atoms with Crippen molar-refractivity contribution >= 4 is 5.78 Å². The van der Waals surface area contributed by atoms with E-state index in [2.05, 4.69) is 32.6 Å². The monoisotopic (exact) mass is 274 g/mol. The molecule has 0 aromatic carbocycles. The van der Waals surface area contributed by atoms with Crippen molar-refractivity contribution in [1.82, 2.24) is 0 Å². The lowest BCUT2D eigenvalue weighted by atomic mass is 9.82. The lowest BCUT2D eigenvalue weighted by Crippen LogP contribution is -2.36. The molecular weight excluding hydrogens is 248 g/mol. The molecule has 20 heavy (non-hydrogen) atoms. The van der Waals surface area contributed by atoms with Crippen molar-refractivity contribution in [3.8, 4) is 11.8 Å². The van der Waals surface area contributed by atoms with Gasteiger partial charge in [0.25, 0.3) is 0 Å². The molecule has 2 rings (SSSR count). The van der Waals surface area contributed by atoms with Crippen molar-refractivity contribution < 1.29 is 9.90 Å². The highest BCUT2D eigenvalue weighted by Gasteiger charge is 2.70. The van der Waals surface area contributed by atoms with Gasteiger partial charge in [0.15, 0.2) is 11.4 Å². The lowest BCUT2D eigenvalue weighted by Gasteiger charge is -2.27. The highest BCUT2D eigenvalue weighted by atomic mass is 16.3. The third kappa shape index (κ3) is 2.44. The summed E-state index contributed by atoms with van der Waals surface area (Å²) in [5.41, 5.74) is -0.500. The topological polar surface area (TPSA) is 37.3 Å². The van der Waals surface area contributed by atoms with Gasteiger partial charge in [0, 0.05) is 18.3 Å². The molecule has 3 atom stereocenters. The second kappa shape index (κ2) is 5.37. The molecule has 1 saturated carbocycles. The maximum atomic E-state index is 12.0. The third-order valence-corrected chi connectivity index (χ3v) is 4.98. The number of hydrogen-bond acceptors (Lipinski definition) is 2. The summed E-state index contributed by atoms with van der Waals surface area (Å²) in [5, 5.41) is 10.9. The minimum atomic E-state index is -1.09. The fourth-order valence-corrected chi connectivity index (χ4v) is 3.62. The summed E-state index contributed by atoms with van der Waals surface area (Å²) in [7, 11) is 0. The Hall–Kier alpha value is -1.07. The first-order valence-electron chi connectivity index (χ1n) is 7.80. The van der Waals surface area contributed by atoms with Crippen LogP contribution in [0.1, 0.15) is 59.8 Å². The molecular formula is C18H26O2. The summed E-state index contributed by atoms with van der Waals surface area (Å²) in [6.07, 6.45) is 7.20. The summed E-state index contributed by atoms with van der Waals surface area (Å²) in [6.45, 7) is 8.13. The average Bonchev–Trinajstić information content (AvgIpc) is 2.96. The highest BCUT2D eigenvalue weighted by Crippen LogP contribution is 2.66. The van der Waals surface area contributed by atoms with E-state index in [-0.39, 0.29) is 23.0 Å². The van der Waals surface area contributed by atoms with Gasteiger partial charge in [-0.3, -0.25) is 4.79 Å². The van der Waals surface area contributed by atoms with Crippen LogP contribution in [-0.4, -0.2) is 16.5 Å². The fourth-order valence-electron chi connectivity index (χ4n) is 3.62. The zero-order chi connectivity index (χ0) is 15.0. The van der Waals surface area contributed by atoms with Gasteiger partial charge in [-0.25, -0.2) is 0 Å². The summed E-state index contributed by atoms with van der Waals surface area (Å²) in [4.78, 5) is 12.0. The Morgan fingerprint density at radius 3 is 2.65 bits per heavy atom. The molecule has 0 spiro atoms. The van der Waals surface area contributed by atoms with E-state index in [1.807, 2.05) is 6.92 Å². The first-order chi connectivity index (χ1) is 9.35. The van der Waals surface area contributed by atoms with Gasteiger partial charge in [0.05, 0.1) is 0 Å². The molecule has 0 saturated heterocycles. The number of aliphatic hydroxyl groups is 1. The fraction of sp³-hybridized carbons (Fsp3) is 0.722. The van der Waals surface area contributed by atoms with E-state index in [0.29, 0.717) is 0 Å². The number of hydrogen-bond donors (Lipinski definition) is 1. The van der Waals surface area contributed by atoms with Crippen LogP contribution in [0.5, 0.6) is 0 Å². The standard InChI is InChI=1S/C18H26O2/c1-5-6-7-8-9-10-11-18(20)13(2)12-14(19)15-16(18)17(15,3)4/h12,15-16,20H,5-9H2,1-4H3/t15-,16+,18+/m1/s1. The highest BCUT2D eigenvalue weighted by molar-refractivity contribution is 5.98. The van der Waals surface area contributed by atoms with Crippen LogP contribution in [0.15, 0.2) is 11.6 Å². The summed E-state index contributed by atoms with van der Waals surface area (Å²) >= 11 is 0. The minimum Gasteiger partial charge on any atom is -0.373 e. The van der Waals surface area contributed by atoms with E-state index >= 15 is 0 Å². The molecule has 2 nitrogen and oxygen atoms in total. The molecule has 0 aromatic rings. The second-order valence-electron chi connectivity index (χ2n) is 6.89. The molecule has 2 aliphatic rings. The van der Waals surface area contributed by atoms with Crippen molar-refractivity contribution in [2.24, 2.45) is 17.3 Å². The van der Waals surface area contributed by atoms with Crippen molar-refractivity contribution in [2.45, 2.75) is 65.4 Å². The summed E-state index contributed by atoms with van der Waals surface area (Å²) < 4.78 is 0. The largest absolute Gasteiger partial charge is 0.373 e. The van der Waals surface area contributed by atoms with Crippen LogP contribution in [0.4, 0.5) is 0 Å². The number of rotatable bonds is 4. The van der Waals surface area contributed by atoms with E-state index in [9.17, 15) is 9.90 Å². The van der Waals surface area contributed by atoms with Gasteiger partial charge >= 0.3 is 0 Å². The lowest BCUT2D eigenvalue weighted by molar-refractivity contribution is -0.117. The predicted molar refractivity (Wildman–Crippen MR) is 81.0 cm³/mol. The first-order valence-corrected chi connectivity index (χ1v) is 7.80. The van der Waals surface area contributed by atoms with Gasteiger partial charge in [0.1, 0.15) is 0 Å². The maximum absolute atomic E-state index is 12.0. The average molecular weight is 274 g/mol. The van der Waals surface area contributed by atoms with Crippen molar-refractivity contribution in [2.75, 3.05) is 0 Å².